The molecule has 0 fully saturated rings. The number of carbonyl (C=O) groups excluding carboxylic acids is 2. The first-order chi connectivity index (χ1) is 13.2. The summed E-state index contributed by atoms with van der Waals surface area (Å²) in [6, 6.07) is 4.80. The Kier molecular flexibility index (Phi) is 5.46. The monoisotopic (exact) mass is 385 g/mol. The Hall–Kier alpha value is -2.43. The minimum atomic E-state index is -0.534. The van der Waals surface area contributed by atoms with Crippen molar-refractivity contribution in [3.05, 3.63) is 57.7 Å². The van der Waals surface area contributed by atoms with Crippen LogP contribution in [-0.4, -0.2) is 18.4 Å². The quantitative estimate of drug-likeness (QED) is 0.764. The lowest BCUT2D eigenvalue weighted by molar-refractivity contribution is -0.138. The lowest BCUT2D eigenvalue weighted by Gasteiger charge is -2.40. The van der Waals surface area contributed by atoms with Crippen LogP contribution in [0, 0.1) is 18.2 Å². The Labute approximate surface area is 165 Å². The number of hydrogen-bond acceptors (Lipinski definition) is 4. The van der Waals surface area contributed by atoms with Crippen LogP contribution in [0.5, 0.6) is 0 Å². The number of ether oxygens (including phenoxy) is 1. The number of nitrogens with one attached hydrogen (secondary N) is 1. The van der Waals surface area contributed by atoms with E-state index in [1.54, 1.807) is 26.0 Å². The van der Waals surface area contributed by atoms with E-state index < -0.39 is 11.9 Å². The standard InChI is InChI=1S/C23H28FNO3/c1-6-16-21(22(27)28-7-2)19(14-8-9-15(24)13(3)10-14)20-17(25-16)11-23(4,5)12-18(20)26/h8-10,19,25H,6-7,11-12H2,1-5H3. The summed E-state index contributed by atoms with van der Waals surface area (Å²) in [4.78, 5) is 26.0. The number of Topliss-reactive ketones (excluding diaryl/α,β-unsaturated/α-hetero) is 1. The van der Waals surface area contributed by atoms with Gasteiger partial charge in [-0.1, -0.05) is 32.9 Å². The van der Waals surface area contributed by atoms with E-state index in [0.29, 0.717) is 29.6 Å². The van der Waals surface area contributed by atoms with E-state index in [2.05, 4.69) is 19.2 Å². The summed E-state index contributed by atoms with van der Waals surface area (Å²) in [5, 5.41) is 3.37. The van der Waals surface area contributed by atoms with Crippen molar-refractivity contribution in [2.75, 3.05) is 6.61 Å². The van der Waals surface area contributed by atoms with Gasteiger partial charge < -0.3 is 10.1 Å². The molecular weight excluding hydrogens is 357 g/mol. The number of carbonyl (C=O) groups is 2. The van der Waals surface area contributed by atoms with Crippen LogP contribution in [0.25, 0.3) is 0 Å². The number of ketones is 1. The molecule has 4 nitrogen and oxygen atoms in total. The molecule has 0 bridgehead atoms. The van der Waals surface area contributed by atoms with Crippen LogP contribution in [0.4, 0.5) is 4.39 Å². The zero-order valence-corrected chi connectivity index (χ0v) is 17.2. The van der Waals surface area contributed by atoms with Crippen LogP contribution in [0.3, 0.4) is 0 Å². The van der Waals surface area contributed by atoms with Crippen LogP contribution in [0.2, 0.25) is 0 Å². The highest BCUT2D eigenvalue weighted by Crippen LogP contribution is 2.47. The van der Waals surface area contributed by atoms with Crippen LogP contribution in [-0.2, 0) is 14.3 Å². The maximum Gasteiger partial charge on any atom is 0.336 e. The molecule has 1 aromatic carbocycles. The maximum atomic E-state index is 13.9. The Bertz CT molecular complexity index is 895. The molecule has 0 radical (unpaired) electrons. The zero-order chi connectivity index (χ0) is 20.6. The Morgan fingerprint density at radius 2 is 2.00 bits per heavy atom. The van der Waals surface area contributed by atoms with E-state index >= 15 is 0 Å². The summed E-state index contributed by atoms with van der Waals surface area (Å²) >= 11 is 0. The van der Waals surface area contributed by atoms with E-state index in [-0.39, 0.29) is 23.6 Å². The summed E-state index contributed by atoms with van der Waals surface area (Å²) < 4.78 is 19.2. The van der Waals surface area contributed by atoms with Gasteiger partial charge in [0.05, 0.1) is 12.2 Å². The van der Waals surface area contributed by atoms with Gasteiger partial charge in [0, 0.05) is 29.3 Å². The zero-order valence-electron chi connectivity index (χ0n) is 17.2. The number of esters is 1. The molecule has 1 atom stereocenters. The van der Waals surface area contributed by atoms with Gasteiger partial charge in [-0.05, 0) is 49.3 Å². The molecule has 5 heteroatoms. The number of aryl methyl sites for hydroxylation is 1. The number of benzene rings is 1. The highest BCUT2D eigenvalue weighted by Gasteiger charge is 2.43. The SMILES string of the molecule is CCOC(=O)C1=C(CC)NC2=C(C(=O)CC(C)(C)C2)C1c1ccc(F)c(C)c1. The average Bonchev–Trinajstić information content (AvgIpc) is 2.61. The molecule has 2 aliphatic rings. The molecule has 0 saturated heterocycles. The number of hydrogen-bond donors (Lipinski definition) is 1. The third kappa shape index (κ3) is 3.62. The summed E-state index contributed by atoms with van der Waals surface area (Å²) in [6.45, 7) is 9.82. The first-order valence-corrected chi connectivity index (χ1v) is 9.88. The maximum absolute atomic E-state index is 13.9. The van der Waals surface area contributed by atoms with E-state index in [1.165, 1.54) is 6.07 Å². The molecule has 1 aromatic rings. The van der Waals surface area contributed by atoms with Crippen molar-refractivity contribution in [3.63, 3.8) is 0 Å². The summed E-state index contributed by atoms with van der Waals surface area (Å²) in [5.41, 5.74) is 3.81. The van der Waals surface area contributed by atoms with Crippen molar-refractivity contribution < 1.29 is 18.7 Å². The van der Waals surface area contributed by atoms with Crippen molar-refractivity contribution in [2.24, 2.45) is 5.41 Å². The van der Waals surface area contributed by atoms with Gasteiger partial charge >= 0.3 is 5.97 Å². The average molecular weight is 385 g/mol. The van der Waals surface area contributed by atoms with Crippen LogP contribution in [0.15, 0.2) is 40.7 Å². The Morgan fingerprint density at radius 3 is 2.61 bits per heavy atom. The second-order valence-electron chi connectivity index (χ2n) is 8.37. The topological polar surface area (TPSA) is 55.4 Å². The van der Waals surface area contributed by atoms with Crippen LogP contribution < -0.4 is 5.32 Å². The first-order valence-electron chi connectivity index (χ1n) is 9.88. The highest BCUT2D eigenvalue weighted by atomic mass is 19.1. The third-order valence-electron chi connectivity index (χ3n) is 5.49. The van der Waals surface area contributed by atoms with Crippen LogP contribution >= 0.6 is 0 Å². The first kappa shape index (κ1) is 20.3. The van der Waals surface area contributed by atoms with Crippen molar-refractivity contribution in [2.45, 2.75) is 59.8 Å². The van der Waals surface area contributed by atoms with E-state index in [1.807, 2.05) is 6.92 Å². The van der Waals surface area contributed by atoms with Gasteiger partial charge in [-0.25, -0.2) is 9.18 Å². The molecule has 150 valence electrons. The lowest BCUT2D eigenvalue weighted by atomic mass is 9.68. The molecule has 1 heterocycles. The normalized spacial score (nSPS) is 21.4. The summed E-state index contributed by atoms with van der Waals surface area (Å²) in [5.74, 6) is -1.24. The number of rotatable bonds is 4. The Balaban J connectivity index is 2.23. The van der Waals surface area contributed by atoms with E-state index in [9.17, 15) is 14.0 Å². The molecule has 1 N–H and O–H groups in total. The number of dihydropyridines is 1. The molecule has 1 unspecified atom stereocenters. The van der Waals surface area contributed by atoms with E-state index in [4.69, 9.17) is 4.74 Å². The highest BCUT2D eigenvalue weighted by molar-refractivity contribution is 6.04. The van der Waals surface area contributed by atoms with Crippen molar-refractivity contribution >= 4 is 11.8 Å². The fourth-order valence-corrected chi connectivity index (χ4v) is 4.26. The van der Waals surface area contributed by atoms with E-state index in [0.717, 1.165) is 23.4 Å². The van der Waals surface area contributed by atoms with Gasteiger partial charge in [0.15, 0.2) is 5.78 Å². The molecule has 0 amide bonds. The summed E-state index contributed by atoms with van der Waals surface area (Å²) in [7, 11) is 0. The van der Waals surface area contributed by atoms with Gasteiger partial charge in [0.2, 0.25) is 0 Å². The molecule has 1 aliphatic carbocycles. The molecule has 1 aliphatic heterocycles. The van der Waals surface area contributed by atoms with Crippen molar-refractivity contribution in [1.29, 1.82) is 0 Å². The van der Waals surface area contributed by atoms with Crippen molar-refractivity contribution in [1.82, 2.24) is 5.32 Å². The smallest absolute Gasteiger partial charge is 0.336 e. The molecule has 3 rings (SSSR count). The fraction of sp³-hybridized carbons (Fsp3) is 0.478. The predicted octanol–water partition coefficient (Wildman–Crippen LogP) is 4.69. The molecule has 0 saturated carbocycles. The molecule has 28 heavy (non-hydrogen) atoms. The second-order valence-corrected chi connectivity index (χ2v) is 8.37. The van der Waals surface area contributed by atoms with Crippen LogP contribution in [0.1, 0.15) is 64.0 Å². The third-order valence-corrected chi connectivity index (χ3v) is 5.49. The Morgan fingerprint density at radius 1 is 1.29 bits per heavy atom. The van der Waals surface area contributed by atoms with Gasteiger partial charge in [-0.2, -0.15) is 0 Å². The van der Waals surface area contributed by atoms with Gasteiger partial charge in [-0.15, -0.1) is 0 Å². The number of halogens is 1. The van der Waals surface area contributed by atoms with Gasteiger partial charge in [0.25, 0.3) is 0 Å². The minimum Gasteiger partial charge on any atom is -0.463 e. The molecular formula is C23H28FNO3. The minimum absolute atomic E-state index is 0.0303. The van der Waals surface area contributed by atoms with Gasteiger partial charge in [-0.3, -0.25) is 4.79 Å². The molecule has 0 aromatic heterocycles. The number of allylic oxidation sites excluding steroid dienone is 3. The predicted molar refractivity (Wildman–Crippen MR) is 106 cm³/mol. The molecule has 0 spiro atoms. The summed E-state index contributed by atoms with van der Waals surface area (Å²) in [6.07, 6.45) is 1.75. The fourth-order valence-electron chi connectivity index (χ4n) is 4.26. The lowest BCUT2D eigenvalue weighted by Crippen LogP contribution is -2.39. The second kappa shape index (κ2) is 7.53. The van der Waals surface area contributed by atoms with Gasteiger partial charge in [0.1, 0.15) is 5.82 Å². The van der Waals surface area contributed by atoms with Crippen molar-refractivity contribution in [3.8, 4) is 0 Å². The largest absolute Gasteiger partial charge is 0.463 e.